The molecule has 0 radical (unpaired) electrons. The van der Waals surface area contributed by atoms with Gasteiger partial charge >= 0.3 is 5.97 Å². The van der Waals surface area contributed by atoms with Gasteiger partial charge in [-0.05, 0) is 61.0 Å². The fourth-order valence-electron chi connectivity index (χ4n) is 4.66. The van der Waals surface area contributed by atoms with Gasteiger partial charge in [-0.15, -0.1) is 0 Å². The molecular formula is C32H23ClFN3O6. The van der Waals surface area contributed by atoms with E-state index in [1.54, 1.807) is 79.7 Å². The van der Waals surface area contributed by atoms with Gasteiger partial charge in [0.1, 0.15) is 11.5 Å². The number of amides is 1. The molecule has 0 saturated heterocycles. The predicted molar refractivity (Wildman–Crippen MR) is 159 cm³/mol. The second-order valence-electron chi connectivity index (χ2n) is 9.31. The van der Waals surface area contributed by atoms with Gasteiger partial charge in [-0.25, -0.2) is 14.6 Å². The second kappa shape index (κ2) is 11.9. The van der Waals surface area contributed by atoms with E-state index in [1.807, 2.05) is 0 Å². The highest BCUT2D eigenvalue weighted by molar-refractivity contribution is 6.34. The van der Waals surface area contributed by atoms with E-state index in [0.717, 1.165) is 0 Å². The monoisotopic (exact) mass is 599 g/mol. The van der Waals surface area contributed by atoms with Crippen molar-refractivity contribution in [3.8, 4) is 34.1 Å². The lowest BCUT2D eigenvalue weighted by Gasteiger charge is -2.11. The smallest absolute Gasteiger partial charge is 0.343 e. The average molecular weight is 600 g/mol. The predicted octanol–water partition coefficient (Wildman–Crippen LogP) is 6.74. The van der Waals surface area contributed by atoms with E-state index in [1.165, 1.54) is 12.3 Å². The normalized spacial score (nSPS) is 12.1. The minimum atomic E-state index is -0.600. The molecule has 2 heterocycles. The van der Waals surface area contributed by atoms with E-state index in [4.69, 9.17) is 30.5 Å². The third-order valence-corrected chi connectivity index (χ3v) is 6.94. The number of rotatable bonds is 8. The van der Waals surface area contributed by atoms with Crippen LogP contribution in [0.1, 0.15) is 33.3 Å². The minimum Gasteiger partial charge on any atom is -0.490 e. The van der Waals surface area contributed by atoms with Crippen LogP contribution in [0.4, 0.5) is 4.39 Å². The Balaban J connectivity index is 1.22. The number of nitrogens with one attached hydrogen (secondary N) is 2. The van der Waals surface area contributed by atoms with Crippen molar-refractivity contribution in [1.29, 1.82) is 0 Å². The summed E-state index contributed by atoms with van der Waals surface area (Å²) in [6.45, 7) is 2.20. The van der Waals surface area contributed by atoms with E-state index >= 15 is 0 Å². The molecule has 0 spiro atoms. The molecule has 1 aliphatic heterocycles. The molecule has 0 bridgehead atoms. The lowest BCUT2D eigenvalue weighted by molar-refractivity contribution is 0.0727. The number of aromatic nitrogens is 1. The van der Waals surface area contributed by atoms with Gasteiger partial charge < -0.3 is 23.9 Å². The first kappa shape index (κ1) is 27.8. The summed E-state index contributed by atoms with van der Waals surface area (Å²) in [5.74, 6) is -0.174. The minimum absolute atomic E-state index is 0.0919. The molecular weight excluding hydrogens is 577 g/mol. The van der Waals surface area contributed by atoms with Gasteiger partial charge in [0.25, 0.3) is 5.91 Å². The fourth-order valence-corrected chi connectivity index (χ4v) is 4.89. The summed E-state index contributed by atoms with van der Waals surface area (Å²) in [5, 5.41) is 5.00. The van der Waals surface area contributed by atoms with Gasteiger partial charge in [0, 0.05) is 21.5 Å². The Morgan fingerprint density at radius 2 is 1.86 bits per heavy atom. The Bertz CT molecular complexity index is 1900. The molecule has 9 nitrogen and oxygen atoms in total. The second-order valence-corrected chi connectivity index (χ2v) is 9.72. The van der Waals surface area contributed by atoms with Crippen molar-refractivity contribution in [3.05, 3.63) is 107 Å². The van der Waals surface area contributed by atoms with Crippen LogP contribution in [0.2, 0.25) is 5.02 Å². The first-order valence-corrected chi connectivity index (χ1v) is 13.6. The largest absolute Gasteiger partial charge is 0.490 e. The summed E-state index contributed by atoms with van der Waals surface area (Å²) in [6.07, 6.45) is 1.41. The SMILES string of the molecule is CCOc1cc(C=NNC(=O)c2[nH]c3c(F)cccc3c2-c2ccccc2Cl)ccc1OC(=O)c1ccc2c(c1)OCO2. The van der Waals surface area contributed by atoms with Crippen molar-refractivity contribution in [1.82, 2.24) is 10.4 Å². The van der Waals surface area contributed by atoms with Crippen molar-refractivity contribution >= 4 is 40.6 Å². The topological polar surface area (TPSA) is 111 Å². The number of hydrogen-bond acceptors (Lipinski definition) is 7. The number of aromatic amines is 1. The highest BCUT2D eigenvalue weighted by Crippen LogP contribution is 2.37. The average Bonchev–Trinajstić information content (AvgIpc) is 3.64. The maximum atomic E-state index is 14.6. The molecule has 4 aromatic carbocycles. The highest BCUT2D eigenvalue weighted by atomic mass is 35.5. The molecule has 0 unspecified atom stereocenters. The van der Waals surface area contributed by atoms with Crippen LogP contribution in [0.5, 0.6) is 23.0 Å². The van der Waals surface area contributed by atoms with Gasteiger partial charge in [-0.2, -0.15) is 5.10 Å². The molecule has 2 N–H and O–H groups in total. The van der Waals surface area contributed by atoms with Crippen molar-refractivity contribution in [2.24, 2.45) is 5.10 Å². The third kappa shape index (κ3) is 5.60. The van der Waals surface area contributed by atoms with Crippen LogP contribution >= 0.6 is 11.6 Å². The molecule has 43 heavy (non-hydrogen) atoms. The van der Waals surface area contributed by atoms with E-state index in [9.17, 15) is 14.0 Å². The lowest BCUT2D eigenvalue weighted by Crippen LogP contribution is -2.19. The molecule has 216 valence electrons. The van der Waals surface area contributed by atoms with E-state index in [2.05, 4.69) is 15.5 Å². The first-order valence-electron chi connectivity index (χ1n) is 13.2. The summed E-state index contributed by atoms with van der Waals surface area (Å²) in [7, 11) is 0. The molecule has 0 saturated carbocycles. The Morgan fingerprint density at radius 3 is 2.70 bits per heavy atom. The standard InChI is InChI=1S/C32H23ClFN3O6/c1-2-40-26-14-18(10-12-25(26)43-32(39)19-11-13-24-27(15-19)42-17-41-24)16-35-37-31(38)30-28(20-6-3-4-8-22(20)33)21-7-5-9-23(34)29(21)36-30/h3-16,36H,2,17H2,1H3,(H,37,38). The molecule has 0 fully saturated rings. The number of carbonyl (C=O) groups excluding carboxylic acids is 2. The number of nitrogens with zero attached hydrogens (tertiary/aromatic N) is 1. The van der Waals surface area contributed by atoms with Gasteiger partial charge in [0.15, 0.2) is 23.0 Å². The van der Waals surface area contributed by atoms with Crippen LogP contribution in [0.15, 0.2) is 84.0 Å². The number of fused-ring (bicyclic) bond motifs is 2. The first-order chi connectivity index (χ1) is 20.9. The zero-order valence-electron chi connectivity index (χ0n) is 22.6. The zero-order chi connectivity index (χ0) is 29.9. The summed E-state index contributed by atoms with van der Waals surface area (Å²) < 4.78 is 36.5. The summed E-state index contributed by atoms with van der Waals surface area (Å²) in [6, 6.07) is 21.2. The van der Waals surface area contributed by atoms with Crippen LogP contribution in [0.25, 0.3) is 22.0 Å². The summed E-state index contributed by atoms with van der Waals surface area (Å²) in [5.41, 5.74) is 4.64. The molecule has 5 aromatic rings. The van der Waals surface area contributed by atoms with Crippen LogP contribution < -0.4 is 24.4 Å². The number of ether oxygens (including phenoxy) is 4. The number of hydrogen-bond donors (Lipinski definition) is 2. The van der Waals surface area contributed by atoms with Crippen molar-refractivity contribution < 1.29 is 32.9 Å². The lowest BCUT2D eigenvalue weighted by atomic mass is 10.0. The number of esters is 1. The van der Waals surface area contributed by atoms with Crippen LogP contribution in [-0.4, -0.2) is 36.5 Å². The van der Waals surface area contributed by atoms with Crippen LogP contribution in [-0.2, 0) is 0 Å². The van der Waals surface area contributed by atoms with E-state index in [0.29, 0.717) is 51.0 Å². The molecule has 1 aromatic heterocycles. The number of hydrazone groups is 1. The molecule has 1 amide bonds. The quantitative estimate of drug-likeness (QED) is 0.0884. The Labute approximate surface area is 249 Å². The Hall–Kier alpha value is -5.35. The Morgan fingerprint density at radius 1 is 1.02 bits per heavy atom. The summed E-state index contributed by atoms with van der Waals surface area (Å²) >= 11 is 6.44. The van der Waals surface area contributed by atoms with Gasteiger partial charge in [-0.3, -0.25) is 4.79 Å². The molecule has 0 aliphatic carbocycles. The van der Waals surface area contributed by atoms with Crippen LogP contribution in [0.3, 0.4) is 0 Å². The van der Waals surface area contributed by atoms with Crippen molar-refractivity contribution in [2.45, 2.75) is 6.92 Å². The Kier molecular flexibility index (Phi) is 7.67. The van der Waals surface area contributed by atoms with Gasteiger partial charge in [0.05, 0.1) is 23.9 Å². The van der Waals surface area contributed by atoms with Gasteiger partial charge in [-0.1, -0.05) is 41.9 Å². The molecule has 11 heteroatoms. The molecule has 0 atom stereocenters. The highest BCUT2D eigenvalue weighted by Gasteiger charge is 2.22. The maximum Gasteiger partial charge on any atom is 0.343 e. The number of benzene rings is 4. The summed E-state index contributed by atoms with van der Waals surface area (Å²) in [4.78, 5) is 28.9. The van der Waals surface area contributed by atoms with Crippen molar-refractivity contribution in [2.75, 3.05) is 13.4 Å². The third-order valence-electron chi connectivity index (χ3n) is 6.61. The van der Waals surface area contributed by atoms with E-state index in [-0.39, 0.29) is 29.3 Å². The maximum absolute atomic E-state index is 14.6. The van der Waals surface area contributed by atoms with E-state index < -0.39 is 17.7 Å². The zero-order valence-corrected chi connectivity index (χ0v) is 23.4. The fraction of sp³-hybridized carbons (Fsp3) is 0.0938. The van der Waals surface area contributed by atoms with Gasteiger partial charge in [0.2, 0.25) is 6.79 Å². The van der Waals surface area contributed by atoms with Crippen molar-refractivity contribution in [3.63, 3.8) is 0 Å². The van der Waals surface area contributed by atoms with Crippen LogP contribution in [0, 0.1) is 5.82 Å². The number of H-pyrrole nitrogens is 1. The number of carbonyl (C=O) groups is 2. The molecule has 1 aliphatic rings. The molecule has 6 rings (SSSR count). The number of para-hydroxylation sites is 1. The number of halogens is 2.